The van der Waals surface area contributed by atoms with Gasteiger partial charge in [-0.1, -0.05) is 35.3 Å². The van der Waals surface area contributed by atoms with Gasteiger partial charge in [0.05, 0.1) is 23.0 Å². The Morgan fingerprint density at radius 3 is 2.41 bits per heavy atom. The lowest BCUT2D eigenvalue weighted by atomic mass is 10.0. The van der Waals surface area contributed by atoms with E-state index in [0.29, 0.717) is 26.5 Å². The van der Waals surface area contributed by atoms with E-state index in [1.54, 1.807) is 18.3 Å². The molecule has 0 aliphatic rings. The summed E-state index contributed by atoms with van der Waals surface area (Å²) in [6, 6.07) is 8.51. The molecule has 0 saturated carbocycles. The molecule has 0 radical (unpaired) electrons. The number of fused-ring (bicyclic) bond motifs is 1. The van der Waals surface area contributed by atoms with Crippen LogP contribution in [0.1, 0.15) is 0 Å². The molecule has 0 aliphatic heterocycles. The van der Waals surface area contributed by atoms with Gasteiger partial charge < -0.3 is 14.9 Å². The minimum absolute atomic E-state index is 0.0375. The number of aromatic nitrogens is 1. The molecule has 3 aromatic rings. The number of methoxy groups -OCH3 is 1. The standard InChI is InChI=1S/C16H11Cl2NO3/c1-22-16-12(20)6-11-13(15(16)21)14(18)10(7-19-11)8-2-4-9(17)5-3-8/h2-7,20-21H,1H3. The van der Waals surface area contributed by atoms with Gasteiger partial charge in [0.1, 0.15) is 0 Å². The van der Waals surface area contributed by atoms with Crippen LogP contribution in [0.5, 0.6) is 17.2 Å². The number of phenolic OH excluding ortho intramolecular Hbond substituents is 2. The van der Waals surface area contributed by atoms with Gasteiger partial charge in [-0.25, -0.2) is 0 Å². The van der Waals surface area contributed by atoms with E-state index in [2.05, 4.69) is 4.98 Å². The summed E-state index contributed by atoms with van der Waals surface area (Å²) >= 11 is 12.3. The number of pyridine rings is 1. The second kappa shape index (κ2) is 5.55. The van der Waals surface area contributed by atoms with E-state index >= 15 is 0 Å². The Morgan fingerprint density at radius 2 is 1.77 bits per heavy atom. The molecule has 3 rings (SSSR count). The second-order valence-electron chi connectivity index (χ2n) is 4.66. The Hall–Kier alpha value is -2.17. The van der Waals surface area contributed by atoms with Crippen LogP contribution in [0.2, 0.25) is 10.0 Å². The van der Waals surface area contributed by atoms with Crippen LogP contribution in [0, 0.1) is 0 Å². The zero-order valence-corrected chi connectivity index (χ0v) is 13.0. The van der Waals surface area contributed by atoms with Crippen molar-refractivity contribution in [2.75, 3.05) is 7.11 Å². The Morgan fingerprint density at radius 1 is 1.09 bits per heavy atom. The first-order valence-electron chi connectivity index (χ1n) is 6.36. The van der Waals surface area contributed by atoms with Crippen molar-refractivity contribution in [3.05, 3.63) is 46.6 Å². The summed E-state index contributed by atoms with van der Waals surface area (Å²) in [4.78, 5) is 4.24. The van der Waals surface area contributed by atoms with Gasteiger partial charge >= 0.3 is 0 Å². The third kappa shape index (κ3) is 2.30. The van der Waals surface area contributed by atoms with Gasteiger partial charge in [0.15, 0.2) is 11.5 Å². The molecule has 0 aliphatic carbocycles. The molecule has 2 aromatic carbocycles. The molecular formula is C16H11Cl2NO3. The fourth-order valence-electron chi connectivity index (χ4n) is 2.30. The summed E-state index contributed by atoms with van der Waals surface area (Å²) in [5, 5.41) is 21.4. The van der Waals surface area contributed by atoms with Crippen molar-refractivity contribution in [2.45, 2.75) is 0 Å². The highest BCUT2D eigenvalue weighted by Crippen LogP contribution is 2.46. The molecule has 0 bridgehead atoms. The number of aromatic hydroxyl groups is 2. The van der Waals surface area contributed by atoms with Crippen LogP contribution >= 0.6 is 23.2 Å². The number of benzene rings is 2. The van der Waals surface area contributed by atoms with Crippen LogP contribution < -0.4 is 4.74 Å². The van der Waals surface area contributed by atoms with Crippen molar-refractivity contribution in [1.82, 2.24) is 4.98 Å². The maximum Gasteiger partial charge on any atom is 0.203 e. The smallest absolute Gasteiger partial charge is 0.203 e. The largest absolute Gasteiger partial charge is 0.504 e. The van der Waals surface area contributed by atoms with E-state index in [-0.39, 0.29) is 17.2 Å². The molecule has 4 nitrogen and oxygen atoms in total. The average molecular weight is 336 g/mol. The van der Waals surface area contributed by atoms with Crippen LogP contribution in [-0.2, 0) is 0 Å². The lowest BCUT2D eigenvalue weighted by Crippen LogP contribution is -1.90. The summed E-state index contributed by atoms with van der Waals surface area (Å²) in [7, 11) is 1.35. The normalized spacial score (nSPS) is 10.9. The number of hydrogen-bond donors (Lipinski definition) is 2. The Bertz CT molecular complexity index is 864. The van der Waals surface area contributed by atoms with Gasteiger partial charge in [0.2, 0.25) is 5.75 Å². The molecule has 0 atom stereocenters. The summed E-state index contributed by atoms with van der Waals surface area (Å²) < 4.78 is 5.00. The number of phenols is 2. The third-order valence-corrected chi connectivity index (χ3v) is 4.01. The summed E-state index contributed by atoms with van der Waals surface area (Å²) in [5.74, 6) is -0.481. The first kappa shape index (κ1) is 14.8. The zero-order chi connectivity index (χ0) is 15.9. The van der Waals surface area contributed by atoms with E-state index in [0.717, 1.165) is 5.56 Å². The van der Waals surface area contributed by atoms with E-state index in [1.807, 2.05) is 12.1 Å². The molecule has 1 aromatic heterocycles. The molecule has 0 saturated heterocycles. The number of halogens is 2. The van der Waals surface area contributed by atoms with Crippen molar-refractivity contribution in [3.8, 4) is 28.4 Å². The highest BCUT2D eigenvalue weighted by Gasteiger charge is 2.18. The van der Waals surface area contributed by atoms with Crippen molar-refractivity contribution < 1.29 is 14.9 Å². The van der Waals surface area contributed by atoms with Crippen molar-refractivity contribution in [1.29, 1.82) is 0 Å². The molecule has 0 amide bonds. The van der Waals surface area contributed by atoms with Gasteiger partial charge in [0.25, 0.3) is 0 Å². The number of rotatable bonds is 2. The highest BCUT2D eigenvalue weighted by molar-refractivity contribution is 6.38. The van der Waals surface area contributed by atoms with Gasteiger partial charge in [-0.3, -0.25) is 4.98 Å². The van der Waals surface area contributed by atoms with Gasteiger partial charge in [-0.15, -0.1) is 0 Å². The lowest BCUT2D eigenvalue weighted by Gasteiger charge is -2.12. The lowest BCUT2D eigenvalue weighted by molar-refractivity contribution is 0.347. The average Bonchev–Trinajstić information content (AvgIpc) is 2.49. The first-order valence-corrected chi connectivity index (χ1v) is 7.11. The molecule has 1 heterocycles. The molecule has 0 spiro atoms. The van der Waals surface area contributed by atoms with Crippen molar-refractivity contribution >= 4 is 34.1 Å². The molecule has 112 valence electrons. The zero-order valence-electron chi connectivity index (χ0n) is 11.5. The quantitative estimate of drug-likeness (QED) is 0.716. The molecule has 0 unspecified atom stereocenters. The number of nitrogens with zero attached hydrogens (tertiary/aromatic N) is 1. The monoisotopic (exact) mass is 335 g/mol. The molecular weight excluding hydrogens is 325 g/mol. The Balaban J connectivity index is 2.31. The maximum absolute atomic E-state index is 10.3. The first-order chi connectivity index (χ1) is 10.5. The molecule has 0 fully saturated rings. The fourth-order valence-corrected chi connectivity index (χ4v) is 2.77. The van der Waals surface area contributed by atoms with Gasteiger partial charge in [-0.05, 0) is 17.7 Å². The van der Waals surface area contributed by atoms with E-state index in [4.69, 9.17) is 27.9 Å². The topological polar surface area (TPSA) is 62.6 Å². The van der Waals surface area contributed by atoms with Gasteiger partial charge in [-0.2, -0.15) is 0 Å². The SMILES string of the molecule is COc1c(O)cc2ncc(-c3ccc(Cl)cc3)c(Cl)c2c1O. The van der Waals surface area contributed by atoms with E-state index in [1.165, 1.54) is 13.2 Å². The number of hydrogen-bond acceptors (Lipinski definition) is 4. The van der Waals surface area contributed by atoms with Crippen molar-refractivity contribution in [2.24, 2.45) is 0 Å². The summed E-state index contributed by atoms with van der Waals surface area (Å²) in [6.07, 6.45) is 1.58. The van der Waals surface area contributed by atoms with Crippen LogP contribution in [0.3, 0.4) is 0 Å². The van der Waals surface area contributed by atoms with E-state index in [9.17, 15) is 10.2 Å². The van der Waals surface area contributed by atoms with E-state index < -0.39 is 0 Å². The van der Waals surface area contributed by atoms with Gasteiger partial charge in [0, 0.05) is 22.8 Å². The highest BCUT2D eigenvalue weighted by atomic mass is 35.5. The molecule has 2 N–H and O–H groups in total. The summed E-state index contributed by atoms with van der Waals surface area (Å²) in [6.45, 7) is 0. The second-order valence-corrected chi connectivity index (χ2v) is 5.48. The number of ether oxygens (including phenoxy) is 1. The summed E-state index contributed by atoms with van der Waals surface area (Å²) in [5.41, 5.74) is 1.84. The minimum Gasteiger partial charge on any atom is -0.504 e. The molecule has 6 heteroatoms. The fraction of sp³-hybridized carbons (Fsp3) is 0.0625. The third-order valence-electron chi connectivity index (χ3n) is 3.36. The predicted octanol–water partition coefficient (Wildman–Crippen LogP) is 4.63. The predicted molar refractivity (Wildman–Crippen MR) is 87.1 cm³/mol. The van der Waals surface area contributed by atoms with Crippen molar-refractivity contribution in [3.63, 3.8) is 0 Å². The van der Waals surface area contributed by atoms with Crippen LogP contribution in [0.4, 0.5) is 0 Å². The van der Waals surface area contributed by atoms with Crippen LogP contribution in [0.25, 0.3) is 22.0 Å². The minimum atomic E-state index is -0.245. The van der Waals surface area contributed by atoms with Crippen LogP contribution in [0.15, 0.2) is 36.5 Å². The Labute approximate surface area is 136 Å². The maximum atomic E-state index is 10.3. The van der Waals surface area contributed by atoms with Crippen LogP contribution in [-0.4, -0.2) is 22.3 Å². The Kier molecular flexibility index (Phi) is 3.72. The molecule has 22 heavy (non-hydrogen) atoms.